The van der Waals surface area contributed by atoms with Crippen molar-refractivity contribution >= 4 is 23.6 Å². The SMILES string of the molecule is NC(=O)/C=C(\S)n1cc(-c2cccc(-c3ccccc3)c2)cn1. The van der Waals surface area contributed by atoms with Crippen LogP contribution in [-0.2, 0) is 4.79 Å². The van der Waals surface area contributed by atoms with Crippen molar-refractivity contribution in [1.29, 1.82) is 0 Å². The van der Waals surface area contributed by atoms with Gasteiger partial charge in [-0.1, -0.05) is 48.5 Å². The van der Waals surface area contributed by atoms with Gasteiger partial charge in [-0.3, -0.25) is 4.79 Å². The van der Waals surface area contributed by atoms with E-state index >= 15 is 0 Å². The molecule has 0 aliphatic heterocycles. The van der Waals surface area contributed by atoms with E-state index < -0.39 is 5.91 Å². The first kappa shape index (κ1) is 15.1. The first-order valence-electron chi connectivity index (χ1n) is 7.04. The molecule has 0 bridgehead atoms. The second-order valence-electron chi connectivity index (χ2n) is 5.03. The number of hydrogen-bond donors (Lipinski definition) is 2. The van der Waals surface area contributed by atoms with Gasteiger partial charge in [-0.2, -0.15) is 5.10 Å². The van der Waals surface area contributed by atoms with Crippen molar-refractivity contribution in [3.8, 4) is 22.3 Å². The summed E-state index contributed by atoms with van der Waals surface area (Å²) in [6, 6.07) is 18.4. The van der Waals surface area contributed by atoms with Crippen molar-refractivity contribution in [2.24, 2.45) is 5.73 Å². The molecule has 1 amide bonds. The van der Waals surface area contributed by atoms with Crippen LogP contribution in [-0.4, -0.2) is 15.7 Å². The predicted molar refractivity (Wildman–Crippen MR) is 95.6 cm³/mol. The Morgan fingerprint density at radius 3 is 2.35 bits per heavy atom. The third-order valence-electron chi connectivity index (χ3n) is 3.39. The van der Waals surface area contributed by atoms with Gasteiger partial charge in [0.2, 0.25) is 5.91 Å². The molecule has 23 heavy (non-hydrogen) atoms. The van der Waals surface area contributed by atoms with Crippen LogP contribution < -0.4 is 5.73 Å². The van der Waals surface area contributed by atoms with E-state index in [9.17, 15) is 4.79 Å². The van der Waals surface area contributed by atoms with Crippen LogP contribution in [0.3, 0.4) is 0 Å². The summed E-state index contributed by atoms with van der Waals surface area (Å²) in [5.41, 5.74) is 9.40. The lowest BCUT2D eigenvalue weighted by atomic mass is 10.0. The number of primary amides is 1. The van der Waals surface area contributed by atoms with Gasteiger partial charge < -0.3 is 5.73 Å². The number of amides is 1. The van der Waals surface area contributed by atoms with Crippen molar-refractivity contribution < 1.29 is 4.79 Å². The average Bonchev–Trinajstić information content (AvgIpc) is 3.05. The molecule has 0 saturated heterocycles. The lowest BCUT2D eigenvalue weighted by molar-refractivity contribution is -0.113. The van der Waals surface area contributed by atoms with Crippen LogP contribution in [0.1, 0.15) is 0 Å². The minimum absolute atomic E-state index is 0.378. The molecule has 0 aliphatic rings. The van der Waals surface area contributed by atoms with Crippen LogP contribution >= 0.6 is 12.6 Å². The Morgan fingerprint density at radius 2 is 1.65 bits per heavy atom. The van der Waals surface area contributed by atoms with Crippen molar-refractivity contribution in [3.05, 3.63) is 73.1 Å². The first-order valence-corrected chi connectivity index (χ1v) is 7.49. The van der Waals surface area contributed by atoms with E-state index in [-0.39, 0.29) is 0 Å². The Morgan fingerprint density at radius 1 is 1.00 bits per heavy atom. The number of nitrogens with zero attached hydrogens (tertiary/aromatic N) is 2. The highest BCUT2D eigenvalue weighted by atomic mass is 32.1. The Balaban J connectivity index is 1.94. The largest absolute Gasteiger partial charge is 0.366 e. The molecular formula is C18H15N3OS. The van der Waals surface area contributed by atoms with Crippen molar-refractivity contribution in [2.45, 2.75) is 0 Å². The van der Waals surface area contributed by atoms with Crippen LogP contribution in [0, 0.1) is 0 Å². The number of benzene rings is 2. The van der Waals surface area contributed by atoms with E-state index in [2.05, 4.69) is 42.0 Å². The molecule has 4 nitrogen and oxygen atoms in total. The topological polar surface area (TPSA) is 60.9 Å². The highest BCUT2D eigenvalue weighted by Crippen LogP contribution is 2.26. The molecule has 1 aromatic heterocycles. The Hall–Kier alpha value is -2.79. The van der Waals surface area contributed by atoms with Gasteiger partial charge in [-0.05, 0) is 22.8 Å². The molecular weight excluding hydrogens is 306 g/mol. The lowest BCUT2D eigenvalue weighted by Gasteiger charge is -2.04. The number of aromatic nitrogens is 2. The zero-order valence-electron chi connectivity index (χ0n) is 12.3. The maximum absolute atomic E-state index is 10.9. The lowest BCUT2D eigenvalue weighted by Crippen LogP contribution is -2.07. The van der Waals surface area contributed by atoms with Gasteiger partial charge in [0.25, 0.3) is 0 Å². The maximum atomic E-state index is 10.9. The molecule has 0 spiro atoms. The van der Waals surface area contributed by atoms with E-state index in [0.29, 0.717) is 5.03 Å². The quantitative estimate of drug-likeness (QED) is 0.571. The smallest absolute Gasteiger partial charge is 0.244 e. The van der Waals surface area contributed by atoms with Gasteiger partial charge in [0.05, 0.1) is 11.2 Å². The van der Waals surface area contributed by atoms with Crippen molar-refractivity contribution in [3.63, 3.8) is 0 Å². The monoisotopic (exact) mass is 321 g/mol. The Bertz CT molecular complexity index is 869. The second-order valence-corrected chi connectivity index (χ2v) is 5.48. The van der Waals surface area contributed by atoms with Crippen molar-refractivity contribution in [1.82, 2.24) is 9.78 Å². The summed E-state index contributed by atoms with van der Waals surface area (Å²) in [5.74, 6) is -0.557. The highest BCUT2D eigenvalue weighted by molar-refractivity contribution is 7.90. The standard InChI is InChI=1S/C18H15N3OS/c19-17(22)10-18(23)21-12-16(11-20-21)15-8-4-7-14(9-15)13-5-2-1-3-6-13/h1-12,23H,(H2,19,22)/b18-10-. The van der Waals surface area contributed by atoms with Crippen LogP contribution in [0.25, 0.3) is 27.3 Å². The van der Waals surface area contributed by atoms with Crippen LogP contribution in [0.15, 0.2) is 73.1 Å². The highest BCUT2D eigenvalue weighted by Gasteiger charge is 2.06. The Kier molecular flexibility index (Phi) is 4.30. The summed E-state index contributed by atoms with van der Waals surface area (Å²) < 4.78 is 1.51. The van der Waals surface area contributed by atoms with E-state index in [0.717, 1.165) is 22.3 Å². The number of carbonyl (C=O) groups is 1. The molecule has 5 heteroatoms. The van der Waals surface area contributed by atoms with Gasteiger partial charge >= 0.3 is 0 Å². The number of nitrogens with two attached hydrogens (primary N) is 1. The fraction of sp³-hybridized carbons (Fsp3) is 0. The van der Waals surface area contributed by atoms with Crippen LogP contribution in [0.5, 0.6) is 0 Å². The number of rotatable bonds is 4. The Labute approximate surface area is 139 Å². The zero-order chi connectivity index (χ0) is 16.2. The summed E-state index contributed by atoms with van der Waals surface area (Å²) in [4.78, 5) is 10.9. The molecule has 2 aromatic carbocycles. The zero-order valence-corrected chi connectivity index (χ0v) is 13.1. The number of hydrogen-bond acceptors (Lipinski definition) is 3. The van der Waals surface area contributed by atoms with Crippen LogP contribution in [0.2, 0.25) is 0 Å². The van der Waals surface area contributed by atoms with E-state index in [1.165, 1.54) is 10.8 Å². The van der Waals surface area contributed by atoms with Gasteiger partial charge in [0.15, 0.2) is 0 Å². The fourth-order valence-electron chi connectivity index (χ4n) is 2.30. The normalized spacial score (nSPS) is 11.4. The molecule has 0 radical (unpaired) electrons. The second kappa shape index (κ2) is 6.54. The van der Waals surface area contributed by atoms with Gasteiger partial charge in [0.1, 0.15) is 0 Å². The summed E-state index contributed by atoms with van der Waals surface area (Å²) in [7, 11) is 0. The summed E-state index contributed by atoms with van der Waals surface area (Å²) >= 11 is 4.22. The fourth-order valence-corrected chi connectivity index (χ4v) is 2.54. The summed E-state index contributed by atoms with van der Waals surface area (Å²) in [6.45, 7) is 0. The number of carbonyl (C=O) groups excluding carboxylic acids is 1. The predicted octanol–water partition coefficient (Wildman–Crippen LogP) is 3.43. The molecule has 0 aliphatic carbocycles. The molecule has 0 saturated carbocycles. The van der Waals surface area contributed by atoms with E-state index in [1.54, 1.807) is 6.20 Å². The van der Waals surface area contributed by atoms with E-state index in [1.807, 2.05) is 36.5 Å². The summed E-state index contributed by atoms with van der Waals surface area (Å²) in [6.07, 6.45) is 4.77. The minimum atomic E-state index is -0.557. The van der Waals surface area contributed by atoms with E-state index in [4.69, 9.17) is 5.73 Å². The maximum Gasteiger partial charge on any atom is 0.244 e. The summed E-state index contributed by atoms with van der Waals surface area (Å²) in [5, 5.41) is 4.59. The molecule has 0 atom stereocenters. The van der Waals surface area contributed by atoms with Gasteiger partial charge in [0, 0.05) is 17.8 Å². The van der Waals surface area contributed by atoms with Crippen LogP contribution in [0.4, 0.5) is 0 Å². The molecule has 3 aromatic rings. The first-order chi connectivity index (χ1) is 11.1. The molecule has 2 N–H and O–H groups in total. The molecule has 1 heterocycles. The third-order valence-corrected chi connectivity index (χ3v) is 3.73. The third kappa shape index (κ3) is 3.52. The molecule has 0 unspecified atom stereocenters. The molecule has 3 rings (SSSR count). The molecule has 0 fully saturated rings. The van der Waals surface area contributed by atoms with Gasteiger partial charge in [-0.15, -0.1) is 12.6 Å². The molecule has 114 valence electrons. The average molecular weight is 321 g/mol. The number of thiol groups is 1. The van der Waals surface area contributed by atoms with Crippen molar-refractivity contribution in [2.75, 3.05) is 0 Å². The van der Waals surface area contributed by atoms with Gasteiger partial charge in [-0.25, -0.2) is 4.68 Å². The minimum Gasteiger partial charge on any atom is -0.366 e.